The Morgan fingerprint density at radius 1 is 1.36 bits per heavy atom. The third-order valence-electron chi connectivity index (χ3n) is 1.59. The van der Waals surface area contributed by atoms with Gasteiger partial charge in [0.15, 0.2) is 5.78 Å². The van der Waals surface area contributed by atoms with Crippen molar-refractivity contribution in [3.05, 3.63) is 0 Å². The highest BCUT2D eigenvalue weighted by molar-refractivity contribution is 5.90. The third-order valence-corrected chi connectivity index (χ3v) is 1.59. The molecule has 0 saturated carbocycles. The first-order chi connectivity index (χ1) is 4.95. The largest absolute Gasteiger partial charge is 0.387 e. The molecule has 0 fully saturated rings. The van der Waals surface area contributed by atoms with Crippen LogP contribution in [0.4, 0.5) is 0 Å². The first kappa shape index (κ1) is 10.3. The molecule has 2 unspecified atom stereocenters. The fraction of sp³-hybridized carbons (Fsp3) is 0.750. The number of nitrogens with zero attached hydrogens (tertiary/aromatic N) is 1. The minimum absolute atomic E-state index is 0.0185. The number of aliphatic hydroxyl groups is 1. The quantitative estimate of drug-likeness (QED) is 0.616. The Balaban J connectivity index is 4.19. The van der Waals surface area contributed by atoms with Crippen molar-refractivity contribution in [3.63, 3.8) is 0 Å². The molecule has 0 aliphatic carbocycles. The second-order valence-corrected chi connectivity index (χ2v) is 2.73. The molecule has 3 nitrogen and oxygen atoms in total. The molecule has 0 aromatic carbocycles. The van der Waals surface area contributed by atoms with Gasteiger partial charge in [-0.25, -0.2) is 0 Å². The van der Waals surface area contributed by atoms with Gasteiger partial charge in [0.1, 0.15) is 6.04 Å². The fourth-order valence-corrected chi connectivity index (χ4v) is 0.504. The highest BCUT2D eigenvalue weighted by Gasteiger charge is 2.07. The summed E-state index contributed by atoms with van der Waals surface area (Å²) in [5, 5.41) is 9.01. The van der Waals surface area contributed by atoms with Crippen LogP contribution in [0.2, 0.25) is 0 Å². The predicted octanol–water partition coefficient (Wildman–Crippen LogP) is 0.806. The number of aliphatic hydroxyl groups excluding tert-OH is 1. The summed E-state index contributed by atoms with van der Waals surface area (Å²) in [5.41, 5.74) is 0.604. The van der Waals surface area contributed by atoms with Crippen LogP contribution in [0.1, 0.15) is 27.7 Å². The molecular formula is C8H15NO2. The SMILES string of the molecule is CC(=O)C(C)N=C(C)C(C)O. The van der Waals surface area contributed by atoms with E-state index in [4.69, 9.17) is 5.11 Å². The number of ketones is 1. The van der Waals surface area contributed by atoms with Crippen LogP contribution in [0.3, 0.4) is 0 Å². The van der Waals surface area contributed by atoms with Crippen molar-refractivity contribution in [3.8, 4) is 0 Å². The Labute approximate surface area is 67.1 Å². The van der Waals surface area contributed by atoms with Crippen LogP contribution in [-0.2, 0) is 4.79 Å². The van der Waals surface area contributed by atoms with Gasteiger partial charge in [-0.05, 0) is 27.7 Å². The number of rotatable bonds is 3. The van der Waals surface area contributed by atoms with Gasteiger partial charge >= 0.3 is 0 Å². The van der Waals surface area contributed by atoms with E-state index < -0.39 is 6.10 Å². The predicted molar refractivity (Wildman–Crippen MR) is 44.9 cm³/mol. The van der Waals surface area contributed by atoms with Crippen LogP contribution in [0, 0.1) is 0 Å². The average molecular weight is 157 g/mol. The maximum atomic E-state index is 10.7. The smallest absolute Gasteiger partial charge is 0.153 e. The van der Waals surface area contributed by atoms with E-state index in [1.54, 1.807) is 20.8 Å². The second kappa shape index (κ2) is 4.23. The number of carbonyl (C=O) groups excluding carboxylic acids is 1. The standard InChI is InChI=1S/C8H15NO2/c1-5(7(3)10)9-6(2)8(4)11/h5,8,11H,1-4H3. The molecule has 0 heterocycles. The van der Waals surface area contributed by atoms with E-state index >= 15 is 0 Å². The molecule has 0 saturated heterocycles. The van der Waals surface area contributed by atoms with Gasteiger partial charge in [0.2, 0.25) is 0 Å². The fourth-order valence-electron chi connectivity index (χ4n) is 0.504. The third kappa shape index (κ3) is 3.88. The Bertz CT molecular complexity index is 173. The minimum Gasteiger partial charge on any atom is -0.387 e. The van der Waals surface area contributed by atoms with Crippen molar-refractivity contribution >= 4 is 11.5 Å². The first-order valence-corrected chi connectivity index (χ1v) is 3.68. The van der Waals surface area contributed by atoms with Gasteiger partial charge in [0, 0.05) is 5.71 Å². The summed E-state index contributed by atoms with van der Waals surface area (Å²) >= 11 is 0. The van der Waals surface area contributed by atoms with Gasteiger partial charge in [-0.15, -0.1) is 0 Å². The number of hydrogen-bond acceptors (Lipinski definition) is 3. The van der Waals surface area contributed by atoms with Gasteiger partial charge in [0.05, 0.1) is 6.10 Å². The molecule has 0 rings (SSSR count). The topological polar surface area (TPSA) is 49.7 Å². The van der Waals surface area contributed by atoms with Gasteiger partial charge in [0.25, 0.3) is 0 Å². The molecule has 11 heavy (non-hydrogen) atoms. The van der Waals surface area contributed by atoms with E-state index in [9.17, 15) is 4.79 Å². The zero-order valence-electron chi connectivity index (χ0n) is 7.46. The van der Waals surface area contributed by atoms with Crippen LogP contribution in [0.5, 0.6) is 0 Å². The Morgan fingerprint density at radius 2 is 1.82 bits per heavy atom. The van der Waals surface area contributed by atoms with Crippen molar-refractivity contribution < 1.29 is 9.90 Å². The Morgan fingerprint density at radius 3 is 2.09 bits per heavy atom. The van der Waals surface area contributed by atoms with Gasteiger partial charge in [-0.3, -0.25) is 9.79 Å². The summed E-state index contributed by atoms with van der Waals surface area (Å²) in [5.74, 6) is 0.0185. The average Bonchev–Trinajstić information content (AvgIpc) is 1.87. The molecule has 0 spiro atoms. The normalized spacial score (nSPS) is 17.7. The molecule has 2 atom stereocenters. The van der Waals surface area contributed by atoms with E-state index in [0.29, 0.717) is 5.71 Å². The zero-order chi connectivity index (χ0) is 9.02. The summed E-state index contributed by atoms with van der Waals surface area (Å²) in [6, 6.07) is -0.329. The molecule has 1 N–H and O–H groups in total. The maximum absolute atomic E-state index is 10.7. The lowest BCUT2D eigenvalue weighted by Gasteiger charge is -2.06. The van der Waals surface area contributed by atoms with Crippen LogP contribution >= 0.6 is 0 Å². The summed E-state index contributed by atoms with van der Waals surface area (Å²) < 4.78 is 0. The molecule has 0 amide bonds. The lowest BCUT2D eigenvalue weighted by atomic mass is 10.2. The molecule has 0 aliphatic rings. The van der Waals surface area contributed by atoms with Crippen molar-refractivity contribution in [1.82, 2.24) is 0 Å². The number of hydrogen-bond donors (Lipinski definition) is 1. The highest BCUT2D eigenvalue weighted by atomic mass is 16.3. The van der Waals surface area contributed by atoms with E-state index in [-0.39, 0.29) is 11.8 Å². The maximum Gasteiger partial charge on any atom is 0.153 e. The molecule has 3 heteroatoms. The molecule has 64 valence electrons. The Hall–Kier alpha value is -0.700. The van der Waals surface area contributed by atoms with Crippen molar-refractivity contribution in [2.75, 3.05) is 0 Å². The van der Waals surface area contributed by atoms with E-state index in [1.165, 1.54) is 6.92 Å². The molecule has 0 aromatic rings. The lowest BCUT2D eigenvalue weighted by molar-refractivity contribution is -0.117. The second-order valence-electron chi connectivity index (χ2n) is 2.73. The van der Waals surface area contributed by atoms with Crippen LogP contribution in [0.15, 0.2) is 4.99 Å². The molecule has 0 aliphatic heterocycles. The summed E-state index contributed by atoms with van der Waals surface area (Å²) in [6.07, 6.45) is -0.559. The molecule has 0 bridgehead atoms. The number of Topliss-reactive ketones (excluding diaryl/α,β-unsaturated/α-hetero) is 1. The monoisotopic (exact) mass is 157 g/mol. The van der Waals surface area contributed by atoms with Gasteiger partial charge < -0.3 is 5.11 Å². The summed E-state index contributed by atoms with van der Waals surface area (Å²) in [4.78, 5) is 14.7. The van der Waals surface area contributed by atoms with E-state index in [0.717, 1.165) is 0 Å². The van der Waals surface area contributed by atoms with Crippen LogP contribution < -0.4 is 0 Å². The van der Waals surface area contributed by atoms with E-state index in [1.807, 2.05) is 0 Å². The van der Waals surface area contributed by atoms with E-state index in [2.05, 4.69) is 4.99 Å². The van der Waals surface area contributed by atoms with Crippen molar-refractivity contribution in [2.24, 2.45) is 4.99 Å². The first-order valence-electron chi connectivity index (χ1n) is 3.68. The molecular weight excluding hydrogens is 142 g/mol. The van der Waals surface area contributed by atoms with Crippen molar-refractivity contribution in [1.29, 1.82) is 0 Å². The van der Waals surface area contributed by atoms with Crippen LogP contribution in [0.25, 0.3) is 0 Å². The molecule has 0 aromatic heterocycles. The van der Waals surface area contributed by atoms with Crippen molar-refractivity contribution in [2.45, 2.75) is 39.8 Å². The van der Waals surface area contributed by atoms with Crippen LogP contribution in [-0.4, -0.2) is 28.7 Å². The lowest BCUT2D eigenvalue weighted by Crippen LogP contribution is -2.18. The summed E-state index contributed by atoms with van der Waals surface area (Å²) in [7, 11) is 0. The Kier molecular flexibility index (Phi) is 3.97. The highest BCUT2D eigenvalue weighted by Crippen LogP contribution is 1.95. The van der Waals surface area contributed by atoms with Gasteiger partial charge in [-0.2, -0.15) is 0 Å². The minimum atomic E-state index is -0.559. The zero-order valence-corrected chi connectivity index (χ0v) is 7.46. The number of aliphatic imine (C=N–C) groups is 1. The molecule has 0 radical (unpaired) electrons. The number of carbonyl (C=O) groups is 1. The van der Waals surface area contributed by atoms with Gasteiger partial charge in [-0.1, -0.05) is 0 Å². The summed E-state index contributed by atoms with van der Waals surface area (Å²) in [6.45, 7) is 6.55.